The van der Waals surface area contributed by atoms with Gasteiger partial charge in [0.2, 0.25) is 0 Å². The van der Waals surface area contributed by atoms with Gasteiger partial charge in [-0.25, -0.2) is 8.78 Å². The third-order valence-corrected chi connectivity index (χ3v) is 6.64. The summed E-state index contributed by atoms with van der Waals surface area (Å²) in [5, 5.41) is 0. The Morgan fingerprint density at radius 2 is 1.56 bits per heavy atom. The van der Waals surface area contributed by atoms with Gasteiger partial charge < -0.3 is 0 Å². The molecule has 0 aliphatic heterocycles. The fourth-order valence-electron chi connectivity index (χ4n) is 4.61. The Labute approximate surface area is 163 Å². The van der Waals surface area contributed by atoms with Crippen molar-refractivity contribution in [1.29, 1.82) is 0 Å². The highest BCUT2D eigenvalue weighted by molar-refractivity contribution is 5.65. The molecule has 0 spiro atoms. The number of hydrogen-bond donors (Lipinski definition) is 0. The Balaban J connectivity index is 1.66. The van der Waals surface area contributed by atoms with Crippen LogP contribution < -0.4 is 0 Å². The number of aryl methyl sites for hydroxylation is 1. The van der Waals surface area contributed by atoms with E-state index in [2.05, 4.69) is 26.0 Å². The minimum absolute atomic E-state index is 0.349. The second kappa shape index (κ2) is 8.99. The molecule has 0 radical (unpaired) electrons. The van der Waals surface area contributed by atoms with Crippen molar-refractivity contribution in [2.75, 3.05) is 0 Å². The van der Waals surface area contributed by atoms with Crippen LogP contribution in [0.5, 0.6) is 0 Å². The summed E-state index contributed by atoms with van der Waals surface area (Å²) in [6, 6.07) is 11.4. The van der Waals surface area contributed by atoms with Crippen molar-refractivity contribution in [2.45, 2.75) is 65.7 Å². The van der Waals surface area contributed by atoms with Gasteiger partial charge in [-0.1, -0.05) is 76.4 Å². The first-order chi connectivity index (χ1) is 13.0. The highest BCUT2D eigenvalue weighted by Gasteiger charge is 2.24. The Morgan fingerprint density at radius 3 is 2.15 bits per heavy atom. The van der Waals surface area contributed by atoms with Crippen molar-refractivity contribution in [1.82, 2.24) is 0 Å². The van der Waals surface area contributed by atoms with Crippen LogP contribution in [0.15, 0.2) is 36.4 Å². The molecular formula is C25H32F2. The molecule has 3 rings (SSSR count). The largest absolute Gasteiger partial charge is 0.203 e. The molecule has 1 aliphatic rings. The molecule has 1 aliphatic carbocycles. The molecule has 2 aromatic carbocycles. The van der Waals surface area contributed by atoms with E-state index in [4.69, 9.17) is 0 Å². The van der Waals surface area contributed by atoms with E-state index in [1.54, 1.807) is 12.1 Å². The van der Waals surface area contributed by atoms with E-state index in [1.807, 2.05) is 19.1 Å². The molecule has 0 saturated heterocycles. The Morgan fingerprint density at radius 1 is 0.889 bits per heavy atom. The fourth-order valence-corrected chi connectivity index (χ4v) is 4.61. The average Bonchev–Trinajstić information content (AvgIpc) is 2.71. The van der Waals surface area contributed by atoms with Crippen molar-refractivity contribution in [3.63, 3.8) is 0 Å². The summed E-state index contributed by atoms with van der Waals surface area (Å²) < 4.78 is 28.5. The predicted molar refractivity (Wildman–Crippen MR) is 110 cm³/mol. The third-order valence-electron chi connectivity index (χ3n) is 6.64. The number of halogens is 2. The Hall–Kier alpha value is -1.70. The van der Waals surface area contributed by atoms with E-state index in [9.17, 15) is 8.78 Å². The molecule has 27 heavy (non-hydrogen) atoms. The highest BCUT2D eigenvalue weighted by atomic mass is 19.2. The number of benzene rings is 2. The maximum absolute atomic E-state index is 14.4. The van der Waals surface area contributed by atoms with Crippen molar-refractivity contribution < 1.29 is 8.78 Å². The normalized spacial score (nSPS) is 21.2. The lowest BCUT2D eigenvalue weighted by Gasteiger charge is -2.32. The van der Waals surface area contributed by atoms with Crippen LogP contribution in [0.1, 0.15) is 64.0 Å². The van der Waals surface area contributed by atoms with Crippen LogP contribution in [0.25, 0.3) is 11.1 Å². The SMILES string of the molecule is CCc1ccc(-c2ccc(CC(C)C3CCC(CC)CC3)cc2)c(F)c1F. The smallest absolute Gasteiger partial charge is 0.166 e. The van der Waals surface area contributed by atoms with Crippen LogP contribution >= 0.6 is 0 Å². The van der Waals surface area contributed by atoms with Crippen LogP contribution in [-0.2, 0) is 12.8 Å². The lowest BCUT2D eigenvalue weighted by Crippen LogP contribution is -2.21. The van der Waals surface area contributed by atoms with Gasteiger partial charge in [-0.2, -0.15) is 0 Å². The summed E-state index contributed by atoms with van der Waals surface area (Å²) in [6.07, 6.45) is 8.34. The molecule has 1 unspecified atom stereocenters. The molecule has 2 aromatic rings. The van der Waals surface area contributed by atoms with Crippen molar-refractivity contribution in [3.8, 4) is 11.1 Å². The highest BCUT2D eigenvalue weighted by Crippen LogP contribution is 2.36. The molecule has 0 aromatic heterocycles. The van der Waals surface area contributed by atoms with Gasteiger partial charge in [-0.3, -0.25) is 0 Å². The summed E-state index contributed by atoms with van der Waals surface area (Å²) in [4.78, 5) is 0. The molecule has 1 atom stereocenters. The fraction of sp³-hybridized carbons (Fsp3) is 0.520. The first kappa shape index (κ1) is 20.0. The minimum atomic E-state index is -0.733. The molecule has 1 saturated carbocycles. The summed E-state index contributed by atoms with van der Waals surface area (Å²) in [5.74, 6) is 0.980. The van der Waals surface area contributed by atoms with Gasteiger partial charge in [0.25, 0.3) is 0 Å². The van der Waals surface area contributed by atoms with Gasteiger partial charge in [0.15, 0.2) is 11.6 Å². The van der Waals surface area contributed by atoms with Crippen LogP contribution in [-0.4, -0.2) is 0 Å². The van der Waals surface area contributed by atoms with Gasteiger partial charge in [-0.05, 0) is 60.1 Å². The first-order valence-electron chi connectivity index (χ1n) is 10.6. The van der Waals surface area contributed by atoms with E-state index in [1.165, 1.54) is 37.7 Å². The number of hydrogen-bond acceptors (Lipinski definition) is 0. The van der Waals surface area contributed by atoms with Gasteiger partial charge in [0.05, 0.1) is 0 Å². The minimum Gasteiger partial charge on any atom is -0.203 e. The molecule has 0 heterocycles. The Kier molecular flexibility index (Phi) is 6.68. The maximum atomic E-state index is 14.4. The zero-order chi connectivity index (χ0) is 19.4. The lowest BCUT2D eigenvalue weighted by molar-refractivity contribution is 0.210. The molecule has 0 bridgehead atoms. The van der Waals surface area contributed by atoms with Gasteiger partial charge >= 0.3 is 0 Å². The molecule has 0 amide bonds. The predicted octanol–water partition coefficient (Wildman–Crippen LogP) is 7.59. The van der Waals surface area contributed by atoms with Crippen LogP contribution in [0.4, 0.5) is 8.78 Å². The molecule has 1 fully saturated rings. The van der Waals surface area contributed by atoms with E-state index in [-0.39, 0.29) is 0 Å². The maximum Gasteiger partial charge on any atom is 0.166 e. The first-order valence-corrected chi connectivity index (χ1v) is 10.6. The van der Waals surface area contributed by atoms with Crippen molar-refractivity contribution in [3.05, 3.63) is 59.2 Å². The van der Waals surface area contributed by atoms with E-state index < -0.39 is 11.6 Å². The molecule has 146 valence electrons. The zero-order valence-electron chi connectivity index (χ0n) is 16.9. The second-order valence-corrected chi connectivity index (χ2v) is 8.32. The summed E-state index contributed by atoms with van der Waals surface area (Å²) >= 11 is 0. The van der Waals surface area contributed by atoms with Gasteiger partial charge in [-0.15, -0.1) is 0 Å². The lowest BCUT2D eigenvalue weighted by atomic mass is 9.74. The molecule has 0 N–H and O–H groups in total. The molecular weight excluding hydrogens is 338 g/mol. The average molecular weight is 371 g/mol. The molecule has 2 heteroatoms. The van der Waals surface area contributed by atoms with Gasteiger partial charge in [0.1, 0.15) is 0 Å². The summed E-state index contributed by atoms with van der Waals surface area (Å²) in [6.45, 7) is 6.51. The monoisotopic (exact) mass is 370 g/mol. The zero-order valence-corrected chi connectivity index (χ0v) is 16.9. The topological polar surface area (TPSA) is 0 Å². The summed E-state index contributed by atoms with van der Waals surface area (Å²) in [7, 11) is 0. The van der Waals surface area contributed by atoms with Crippen LogP contribution in [0.2, 0.25) is 0 Å². The van der Waals surface area contributed by atoms with E-state index in [0.717, 1.165) is 23.8 Å². The van der Waals surface area contributed by atoms with Gasteiger partial charge in [0, 0.05) is 5.56 Å². The van der Waals surface area contributed by atoms with Crippen molar-refractivity contribution >= 4 is 0 Å². The van der Waals surface area contributed by atoms with Crippen molar-refractivity contribution in [2.24, 2.45) is 17.8 Å². The standard InChI is InChI=1S/C25H32F2/c1-4-18-6-10-21(11-7-18)17(3)16-19-8-12-22(13-9-19)23-15-14-20(5-2)24(26)25(23)27/h8-9,12-15,17-18,21H,4-7,10-11,16H2,1-3H3. The van der Waals surface area contributed by atoms with E-state index >= 15 is 0 Å². The number of rotatable bonds is 6. The Bertz CT molecular complexity index is 740. The third kappa shape index (κ3) is 4.59. The van der Waals surface area contributed by atoms with Crippen LogP contribution in [0, 0.1) is 29.4 Å². The quantitative estimate of drug-likeness (QED) is 0.491. The second-order valence-electron chi connectivity index (χ2n) is 8.32. The summed E-state index contributed by atoms with van der Waals surface area (Å²) in [5.41, 5.74) is 2.81. The van der Waals surface area contributed by atoms with E-state index in [0.29, 0.717) is 23.5 Å². The molecule has 0 nitrogen and oxygen atoms in total. The van der Waals surface area contributed by atoms with Crippen LogP contribution in [0.3, 0.4) is 0 Å².